The maximum atomic E-state index is 12.8. The lowest BCUT2D eigenvalue weighted by Crippen LogP contribution is -2.47. The van der Waals surface area contributed by atoms with Crippen molar-refractivity contribution in [2.75, 3.05) is 6.54 Å². The van der Waals surface area contributed by atoms with Crippen LogP contribution < -0.4 is 4.74 Å². The van der Waals surface area contributed by atoms with E-state index in [1.807, 2.05) is 29.6 Å². The van der Waals surface area contributed by atoms with E-state index in [9.17, 15) is 4.79 Å². The fraction of sp³-hybridized carbons (Fsp3) is 0.524. The predicted octanol–water partition coefficient (Wildman–Crippen LogP) is 4.61. The van der Waals surface area contributed by atoms with Crippen molar-refractivity contribution in [3.8, 4) is 5.75 Å². The molecule has 1 amide bonds. The Morgan fingerprint density at radius 3 is 2.81 bits per heavy atom. The van der Waals surface area contributed by atoms with Crippen LogP contribution in [0.15, 0.2) is 29.6 Å². The zero-order valence-corrected chi connectivity index (χ0v) is 16.7. The first-order valence-corrected chi connectivity index (χ1v) is 10.3. The molecule has 0 spiro atoms. The zero-order chi connectivity index (χ0) is 18.5. The Morgan fingerprint density at radius 1 is 1.31 bits per heavy atom. The lowest BCUT2D eigenvalue weighted by molar-refractivity contribution is -0.135. The van der Waals surface area contributed by atoms with E-state index in [-0.39, 0.29) is 5.91 Å². The number of thiazole rings is 1. The van der Waals surface area contributed by atoms with E-state index in [0.29, 0.717) is 25.0 Å². The topological polar surface area (TPSA) is 42.4 Å². The highest BCUT2D eigenvalue weighted by Gasteiger charge is 2.29. The van der Waals surface area contributed by atoms with Crippen LogP contribution in [0.3, 0.4) is 0 Å². The fourth-order valence-electron chi connectivity index (χ4n) is 3.49. The molecule has 4 nitrogen and oxygen atoms in total. The minimum Gasteiger partial charge on any atom is -0.486 e. The zero-order valence-electron chi connectivity index (χ0n) is 15.9. The molecule has 1 aromatic carbocycles. The largest absolute Gasteiger partial charge is 0.486 e. The van der Waals surface area contributed by atoms with E-state index in [0.717, 1.165) is 35.8 Å². The lowest BCUT2D eigenvalue weighted by atomic mass is 9.92. The van der Waals surface area contributed by atoms with Crippen molar-refractivity contribution < 1.29 is 9.53 Å². The summed E-state index contributed by atoms with van der Waals surface area (Å²) in [7, 11) is 0. The molecule has 1 unspecified atom stereocenters. The molecule has 1 fully saturated rings. The summed E-state index contributed by atoms with van der Waals surface area (Å²) in [6.07, 6.45) is 3.85. The summed E-state index contributed by atoms with van der Waals surface area (Å²) >= 11 is 1.56. The SMILES string of the molecule is Cc1ccc(OCc2nc(CC(=O)N3CCCCC3C(C)C)cs2)cc1. The van der Waals surface area contributed by atoms with Crippen molar-refractivity contribution in [2.24, 2.45) is 5.92 Å². The Hall–Kier alpha value is -1.88. The van der Waals surface area contributed by atoms with Crippen LogP contribution in [0.4, 0.5) is 0 Å². The fourth-order valence-corrected chi connectivity index (χ4v) is 4.20. The molecule has 1 saturated heterocycles. The van der Waals surface area contributed by atoms with Crippen LogP contribution in [0.1, 0.15) is 49.4 Å². The molecule has 0 N–H and O–H groups in total. The minimum atomic E-state index is 0.208. The van der Waals surface area contributed by atoms with Crippen LogP contribution in [0.2, 0.25) is 0 Å². The van der Waals surface area contributed by atoms with E-state index in [1.165, 1.54) is 12.0 Å². The summed E-state index contributed by atoms with van der Waals surface area (Å²) in [5.74, 6) is 1.56. The number of hydrogen-bond donors (Lipinski definition) is 0. The number of rotatable bonds is 6. The maximum Gasteiger partial charge on any atom is 0.228 e. The third-order valence-corrected chi connectivity index (χ3v) is 5.83. The van der Waals surface area contributed by atoms with E-state index in [4.69, 9.17) is 4.74 Å². The van der Waals surface area contributed by atoms with Crippen molar-refractivity contribution in [3.05, 3.63) is 45.9 Å². The third-order valence-electron chi connectivity index (χ3n) is 4.95. The molecule has 1 aromatic heterocycles. The highest BCUT2D eigenvalue weighted by molar-refractivity contribution is 7.09. The molecule has 0 radical (unpaired) electrons. The second kappa shape index (κ2) is 8.67. The molecule has 0 saturated carbocycles. The van der Waals surface area contributed by atoms with Gasteiger partial charge in [-0.3, -0.25) is 4.79 Å². The Balaban J connectivity index is 1.55. The number of hydrogen-bond acceptors (Lipinski definition) is 4. The predicted molar refractivity (Wildman–Crippen MR) is 106 cm³/mol. The van der Waals surface area contributed by atoms with Gasteiger partial charge in [0, 0.05) is 18.0 Å². The summed E-state index contributed by atoms with van der Waals surface area (Å²) < 4.78 is 5.78. The molecule has 1 aliphatic heterocycles. The molecule has 5 heteroatoms. The second-order valence-electron chi connectivity index (χ2n) is 7.41. The van der Waals surface area contributed by atoms with Gasteiger partial charge in [0.25, 0.3) is 0 Å². The summed E-state index contributed by atoms with van der Waals surface area (Å²) in [5.41, 5.74) is 2.07. The minimum absolute atomic E-state index is 0.208. The van der Waals surface area contributed by atoms with Crippen LogP contribution in [0, 0.1) is 12.8 Å². The molecule has 2 aromatic rings. The van der Waals surface area contributed by atoms with Gasteiger partial charge in [0.05, 0.1) is 12.1 Å². The molecule has 3 rings (SSSR count). The van der Waals surface area contributed by atoms with Gasteiger partial charge in [0.2, 0.25) is 5.91 Å². The molecule has 2 heterocycles. The number of carbonyl (C=O) groups is 1. The van der Waals surface area contributed by atoms with Gasteiger partial charge in [0.1, 0.15) is 17.4 Å². The van der Waals surface area contributed by atoms with Crippen molar-refractivity contribution in [1.82, 2.24) is 9.88 Å². The molecule has 140 valence electrons. The van der Waals surface area contributed by atoms with Crippen LogP contribution in [0.5, 0.6) is 5.75 Å². The van der Waals surface area contributed by atoms with Crippen LogP contribution >= 0.6 is 11.3 Å². The highest BCUT2D eigenvalue weighted by atomic mass is 32.1. The summed E-state index contributed by atoms with van der Waals surface area (Å²) in [4.78, 5) is 19.4. The van der Waals surface area contributed by atoms with Crippen molar-refractivity contribution in [3.63, 3.8) is 0 Å². The molecule has 0 bridgehead atoms. The first-order valence-electron chi connectivity index (χ1n) is 9.45. The van der Waals surface area contributed by atoms with Gasteiger partial charge < -0.3 is 9.64 Å². The van der Waals surface area contributed by atoms with Gasteiger partial charge in [-0.2, -0.15) is 0 Å². The van der Waals surface area contributed by atoms with Gasteiger partial charge >= 0.3 is 0 Å². The number of aryl methyl sites for hydroxylation is 1. The number of nitrogens with zero attached hydrogens (tertiary/aromatic N) is 2. The van der Waals surface area contributed by atoms with Crippen molar-refractivity contribution in [2.45, 2.75) is 59.1 Å². The summed E-state index contributed by atoms with van der Waals surface area (Å²) in [5, 5.41) is 2.90. The molecular weight excluding hydrogens is 344 g/mol. The average Bonchev–Trinajstić information content (AvgIpc) is 3.08. The van der Waals surface area contributed by atoms with Crippen LogP contribution in [-0.4, -0.2) is 28.4 Å². The van der Waals surface area contributed by atoms with Crippen molar-refractivity contribution >= 4 is 17.2 Å². The average molecular weight is 373 g/mol. The van der Waals surface area contributed by atoms with Gasteiger partial charge in [-0.15, -0.1) is 11.3 Å². The molecule has 1 atom stereocenters. The lowest BCUT2D eigenvalue weighted by Gasteiger charge is -2.38. The van der Waals surface area contributed by atoms with E-state index < -0.39 is 0 Å². The highest BCUT2D eigenvalue weighted by Crippen LogP contribution is 2.24. The quantitative estimate of drug-likeness (QED) is 0.744. The molecule has 26 heavy (non-hydrogen) atoms. The van der Waals surface area contributed by atoms with Crippen LogP contribution in [0.25, 0.3) is 0 Å². The van der Waals surface area contributed by atoms with E-state index in [2.05, 4.69) is 30.7 Å². The Kier molecular flexibility index (Phi) is 6.30. The third kappa shape index (κ3) is 4.85. The molecule has 0 aliphatic carbocycles. The number of amides is 1. The second-order valence-corrected chi connectivity index (χ2v) is 8.35. The molecule has 1 aliphatic rings. The molecular formula is C21H28N2O2S. The first kappa shape index (κ1) is 18.9. The number of likely N-dealkylation sites (tertiary alicyclic amines) is 1. The Morgan fingerprint density at radius 2 is 2.08 bits per heavy atom. The number of ether oxygens (including phenoxy) is 1. The number of benzene rings is 1. The monoisotopic (exact) mass is 372 g/mol. The van der Waals surface area contributed by atoms with Gasteiger partial charge in [-0.25, -0.2) is 4.98 Å². The summed E-state index contributed by atoms with van der Waals surface area (Å²) in [6.45, 7) is 7.80. The number of aromatic nitrogens is 1. The Labute approximate surface area is 160 Å². The van der Waals surface area contributed by atoms with E-state index >= 15 is 0 Å². The van der Waals surface area contributed by atoms with E-state index in [1.54, 1.807) is 11.3 Å². The maximum absolute atomic E-state index is 12.8. The number of piperidine rings is 1. The Bertz CT molecular complexity index is 724. The normalized spacial score (nSPS) is 17.5. The van der Waals surface area contributed by atoms with Crippen LogP contribution in [-0.2, 0) is 17.8 Å². The number of carbonyl (C=O) groups excluding carboxylic acids is 1. The summed E-state index contributed by atoms with van der Waals surface area (Å²) in [6, 6.07) is 8.38. The smallest absolute Gasteiger partial charge is 0.228 e. The van der Waals surface area contributed by atoms with Gasteiger partial charge in [-0.1, -0.05) is 31.5 Å². The standard InChI is InChI=1S/C21H28N2O2S/c1-15(2)19-6-4-5-11-23(19)21(24)12-17-14-26-20(22-17)13-25-18-9-7-16(3)8-10-18/h7-10,14-15,19H,4-6,11-13H2,1-3H3. The first-order chi connectivity index (χ1) is 12.5. The van der Waals surface area contributed by atoms with Gasteiger partial charge in [-0.05, 0) is 44.2 Å². The van der Waals surface area contributed by atoms with Crippen molar-refractivity contribution in [1.29, 1.82) is 0 Å². The van der Waals surface area contributed by atoms with Gasteiger partial charge in [0.15, 0.2) is 0 Å².